The molecule has 0 saturated heterocycles. The molecule has 4 nitrogen and oxygen atoms in total. The summed E-state index contributed by atoms with van der Waals surface area (Å²) in [6, 6.07) is 3.84. The van der Waals surface area contributed by atoms with Crippen molar-refractivity contribution < 1.29 is 4.79 Å². The summed E-state index contributed by atoms with van der Waals surface area (Å²) in [6.45, 7) is 2.01. The molecular formula is C18H21N3OS2. The number of nitrogens with zero attached hydrogens (tertiary/aromatic N) is 2. The third kappa shape index (κ3) is 2.42. The fourth-order valence-electron chi connectivity index (χ4n) is 5.58. The predicted molar refractivity (Wildman–Crippen MR) is 96.8 cm³/mol. The van der Waals surface area contributed by atoms with Gasteiger partial charge in [-0.25, -0.2) is 0 Å². The molecule has 4 fully saturated rings. The van der Waals surface area contributed by atoms with Crippen molar-refractivity contribution in [1.29, 1.82) is 0 Å². The van der Waals surface area contributed by atoms with Gasteiger partial charge in [-0.1, -0.05) is 11.3 Å². The Bertz CT molecular complexity index is 759. The van der Waals surface area contributed by atoms with E-state index in [0.29, 0.717) is 5.13 Å². The molecule has 0 aliphatic heterocycles. The molecule has 1 N–H and O–H groups in total. The molecule has 6 rings (SSSR count). The number of rotatable bonds is 3. The van der Waals surface area contributed by atoms with Gasteiger partial charge in [0.05, 0.1) is 4.88 Å². The molecule has 0 aromatic carbocycles. The Hall–Kier alpha value is -1.27. The minimum atomic E-state index is -0.0682. The zero-order chi connectivity index (χ0) is 16.3. The lowest BCUT2D eigenvalue weighted by atomic mass is 9.50. The topological polar surface area (TPSA) is 54.9 Å². The van der Waals surface area contributed by atoms with Gasteiger partial charge >= 0.3 is 0 Å². The Morgan fingerprint density at radius 3 is 2.33 bits per heavy atom. The molecular weight excluding hydrogens is 338 g/mol. The minimum absolute atomic E-state index is 0.0682. The maximum atomic E-state index is 12.3. The fraction of sp³-hybridized carbons (Fsp3) is 0.611. The van der Waals surface area contributed by atoms with E-state index in [1.807, 2.05) is 19.1 Å². The molecule has 1 amide bonds. The van der Waals surface area contributed by atoms with Crippen molar-refractivity contribution in [3.8, 4) is 0 Å². The first-order valence-electron chi connectivity index (χ1n) is 8.81. The van der Waals surface area contributed by atoms with Crippen LogP contribution < -0.4 is 5.32 Å². The molecule has 4 aliphatic carbocycles. The van der Waals surface area contributed by atoms with E-state index >= 15 is 0 Å². The monoisotopic (exact) mass is 359 g/mol. The highest BCUT2D eigenvalue weighted by molar-refractivity contribution is 7.16. The maximum Gasteiger partial charge on any atom is 0.267 e. The van der Waals surface area contributed by atoms with Crippen LogP contribution >= 0.6 is 22.7 Å². The van der Waals surface area contributed by atoms with Crippen molar-refractivity contribution in [1.82, 2.24) is 10.2 Å². The number of carbonyl (C=O) groups excluding carboxylic acids is 1. The standard InChI is InChI=1S/C18H21N3OS2/c1-10-2-3-14(23-10)15(22)19-17-21-20-16(24-17)18-7-11-4-12(8-18)6-13(5-11)9-18/h2-3,11-13H,4-9H2,1H3,(H,19,21,22). The highest BCUT2D eigenvalue weighted by Crippen LogP contribution is 2.61. The van der Waals surface area contributed by atoms with Gasteiger partial charge in [-0.3, -0.25) is 10.1 Å². The number of nitrogens with one attached hydrogen (secondary N) is 1. The first-order valence-corrected chi connectivity index (χ1v) is 10.4. The normalized spacial score (nSPS) is 33.8. The van der Waals surface area contributed by atoms with Gasteiger partial charge in [0.15, 0.2) is 0 Å². The van der Waals surface area contributed by atoms with E-state index in [1.165, 1.54) is 54.9 Å². The summed E-state index contributed by atoms with van der Waals surface area (Å²) in [5.74, 6) is 2.62. The number of carbonyl (C=O) groups is 1. The second-order valence-electron chi connectivity index (χ2n) is 7.97. The van der Waals surface area contributed by atoms with Crippen molar-refractivity contribution in [3.05, 3.63) is 26.9 Å². The molecule has 0 atom stereocenters. The maximum absolute atomic E-state index is 12.3. The minimum Gasteiger partial charge on any atom is -0.296 e. The molecule has 0 spiro atoms. The van der Waals surface area contributed by atoms with Crippen molar-refractivity contribution in [2.75, 3.05) is 5.32 Å². The van der Waals surface area contributed by atoms with Crippen LogP contribution in [0.2, 0.25) is 0 Å². The summed E-state index contributed by atoms with van der Waals surface area (Å²) in [5, 5.41) is 13.6. The van der Waals surface area contributed by atoms with Crippen LogP contribution in [-0.2, 0) is 5.41 Å². The van der Waals surface area contributed by atoms with Crippen LogP contribution in [0.1, 0.15) is 58.1 Å². The van der Waals surface area contributed by atoms with Gasteiger partial charge in [-0.15, -0.1) is 21.5 Å². The number of anilines is 1. The van der Waals surface area contributed by atoms with Crippen molar-refractivity contribution >= 4 is 33.7 Å². The van der Waals surface area contributed by atoms with Crippen LogP contribution in [0.25, 0.3) is 0 Å². The van der Waals surface area contributed by atoms with Crippen molar-refractivity contribution in [2.24, 2.45) is 17.8 Å². The second kappa shape index (κ2) is 5.36. The molecule has 4 aliphatic rings. The van der Waals surface area contributed by atoms with Gasteiger partial charge in [-0.2, -0.15) is 0 Å². The average molecular weight is 360 g/mol. The molecule has 6 heteroatoms. The van der Waals surface area contributed by atoms with Crippen LogP contribution in [0.15, 0.2) is 12.1 Å². The van der Waals surface area contributed by atoms with Gasteiger partial charge < -0.3 is 0 Å². The average Bonchev–Trinajstić information content (AvgIpc) is 3.15. The molecule has 2 aromatic rings. The zero-order valence-electron chi connectivity index (χ0n) is 13.7. The molecule has 2 aromatic heterocycles. The number of aryl methyl sites for hydroxylation is 1. The second-order valence-corrected chi connectivity index (χ2v) is 10.2. The van der Waals surface area contributed by atoms with E-state index in [4.69, 9.17) is 0 Å². The number of hydrogen-bond acceptors (Lipinski definition) is 5. The largest absolute Gasteiger partial charge is 0.296 e. The van der Waals surface area contributed by atoms with E-state index in [2.05, 4.69) is 15.5 Å². The number of aromatic nitrogens is 2. The molecule has 4 saturated carbocycles. The number of amides is 1. The molecule has 24 heavy (non-hydrogen) atoms. The Morgan fingerprint density at radius 1 is 1.08 bits per heavy atom. The van der Waals surface area contributed by atoms with Gasteiger partial charge in [0.2, 0.25) is 5.13 Å². The van der Waals surface area contributed by atoms with Gasteiger partial charge in [-0.05, 0) is 75.3 Å². The number of thiophene rings is 1. The lowest BCUT2D eigenvalue weighted by Gasteiger charge is -2.55. The predicted octanol–water partition coefficient (Wildman–Crippen LogP) is 4.63. The summed E-state index contributed by atoms with van der Waals surface area (Å²) < 4.78 is 0. The van der Waals surface area contributed by atoms with Crippen LogP contribution in [0.4, 0.5) is 5.13 Å². The van der Waals surface area contributed by atoms with E-state index in [9.17, 15) is 4.79 Å². The zero-order valence-corrected chi connectivity index (χ0v) is 15.4. The Morgan fingerprint density at radius 2 is 1.75 bits per heavy atom. The summed E-state index contributed by atoms with van der Waals surface area (Å²) in [5.41, 5.74) is 0.259. The van der Waals surface area contributed by atoms with Crippen LogP contribution in [0, 0.1) is 24.7 Å². The molecule has 2 heterocycles. The molecule has 4 bridgehead atoms. The van der Waals surface area contributed by atoms with Crippen LogP contribution in [-0.4, -0.2) is 16.1 Å². The highest BCUT2D eigenvalue weighted by atomic mass is 32.1. The summed E-state index contributed by atoms with van der Waals surface area (Å²) >= 11 is 3.12. The van der Waals surface area contributed by atoms with Crippen molar-refractivity contribution in [3.63, 3.8) is 0 Å². The summed E-state index contributed by atoms with van der Waals surface area (Å²) in [7, 11) is 0. The first-order chi connectivity index (χ1) is 11.6. The first kappa shape index (κ1) is 15.0. The number of hydrogen-bond donors (Lipinski definition) is 1. The van der Waals surface area contributed by atoms with Gasteiger partial charge in [0.25, 0.3) is 5.91 Å². The van der Waals surface area contributed by atoms with Crippen LogP contribution in [0.3, 0.4) is 0 Å². The highest BCUT2D eigenvalue weighted by Gasteiger charge is 2.53. The molecule has 0 unspecified atom stereocenters. The van der Waals surface area contributed by atoms with E-state index in [-0.39, 0.29) is 11.3 Å². The summed E-state index contributed by atoms with van der Waals surface area (Å²) in [6.07, 6.45) is 8.14. The van der Waals surface area contributed by atoms with Crippen molar-refractivity contribution in [2.45, 2.75) is 50.9 Å². The third-order valence-electron chi connectivity index (χ3n) is 6.10. The quantitative estimate of drug-likeness (QED) is 0.869. The van der Waals surface area contributed by atoms with E-state index < -0.39 is 0 Å². The van der Waals surface area contributed by atoms with E-state index in [1.54, 1.807) is 11.3 Å². The molecule has 0 radical (unpaired) electrons. The van der Waals surface area contributed by atoms with Crippen LogP contribution in [0.5, 0.6) is 0 Å². The lowest BCUT2D eigenvalue weighted by molar-refractivity contribution is -0.00555. The smallest absolute Gasteiger partial charge is 0.267 e. The Kier molecular flexibility index (Phi) is 3.36. The fourth-order valence-corrected chi connectivity index (χ4v) is 7.30. The Labute approximate surface area is 149 Å². The Balaban J connectivity index is 1.37. The summed E-state index contributed by atoms with van der Waals surface area (Å²) in [4.78, 5) is 14.2. The SMILES string of the molecule is Cc1ccc(C(=O)Nc2nnc(C34CC5CC(CC(C5)C3)C4)s2)s1. The van der Waals surface area contributed by atoms with Gasteiger partial charge in [0, 0.05) is 10.3 Å². The molecule has 126 valence electrons. The van der Waals surface area contributed by atoms with E-state index in [0.717, 1.165) is 27.5 Å². The van der Waals surface area contributed by atoms with Gasteiger partial charge in [0.1, 0.15) is 5.01 Å². The lowest BCUT2D eigenvalue weighted by Crippen LogP contribution is -2.48. The third-order valence-corrected chi connectivity index (χ3v) is 8.19.